The van der Waals surface area contributed by atoms with Gasteiger partial charge in [0.15, 0.2) is 10.6 Å². The first-order valence-corrected chi connectivity index (χ1v) is 9.56. The third-order valence-corrected chi connectivity index (χ3v) is 5.36. The van der Waals surface area contributed by atoms with E-state index in [9.17, 15) is 4.79 Å². The summed E-state index contributed by atoms with van der Waals surface area (Å²) in [6, 6.07) is 7.95. The second-order valence-corrected chi connectivity index (χ2v) is 7.39. The van der Waals surface area contributed by atoms with Gasteiger partial charge in [-0.2, -0.15) is 5.10 Å². The number of carbonyl (C=O) groups is 1. The Hall–Kier alpha value is -2.15. The molecule has 6 nitrogen and oxygen atoms in total. The van der Waals surface area contributed by atoms with E-state index in [0.717, 1.165) is 35.9 Å². The molecule has 3 rings (SSSR count). The zero-order valence-electron chi connectivity index (χ0n) is 15.3. The van der Waals surface area contributed by atoms with Crippen molar-refractivity contribution in [3.63, 3.8) is 0 Å². The van der Waals surface area contributed by atoms with Crippen LogP contribution in [-0.4, -0.2) is 33.8 Å². The van der Waals surface area contributed by atoms with Crippen LogP contribution < -0.4 is 10.1 Å². The molecule has 2 aromatic rings. The van der Waals surface area contributed by atoms with E-state index in [0.29, 0.717) is 23.8 Å². The van der Waals surface area contributed by atoms with Gasteiger partial charge in [-0.3, -0.25) is 14.5 Å². The molecule has 1 fully saturated rings. The number of ether oxygens (including phenoxy) is 1. The zero-order valence-corrected chi connectivity index (χ0v) is 16.1. The van der Waals surface area contributed by atoms with Crippen LogP contribution in [0.2, 0.25) is 0 Å². The minimum Gasteiger partial charge on any atom is -0.497 e. The fraction of sp³-hybridized carbons (Fsp3) is 0.526. The first-order valence-electron chi connectivity index (χ1n) is 9.16. The number of nitrogens with zero attached hydrogens (tertiary/aromatic N) is 2. The molecule has 0 atom stereocenters. The fourth-order valence-corrected chi connectivity index (χ4v) is 3.63. The summed E-state index contributed by atoms with van der Waals surface area (Å²) >= 11 is 5.34. The maximum atomic E-state index is 12.3. The molecule has 1 heterocycles. The standard InChI is InChI=1S/C19H26N4O2S/c1-13-3-7-15(8-4-13)20-17(24)11-12-23-18(21-22-19(23)26)14-5-9-16(25-2)10-6-14/h5-6,9-10,13,15H,3-4,7-8,11-12H2,1-2H3,(H,20,24)(H,22,26). The molecular formula is C19H26N4O2S. The Labute approximate surface area is 159 Å². The van der Waals surface area contributed by atoms with Crippen molar-refractivity contribution in [1.29, 1.82) is 0 Å². The lowest BCUT2D eigenvalue weighted by Crippen LogP contribution is -2.37. The van der Waals surface area contributed by atoms with E-state index in [4.69, 9.17) is 17.0 Å². The van der Waals surface area contributed by atoms with Crippen LogP contribution in [0.3, 0.4) is 0 Å². The number of amides is 1. The molecule has 1 aliphatic rings. The van der Waals surface area contributed by atoms with Crippen molar-refractivity contribution in [1.82, 2.24) is 20.1 Å². The summed E-state index contributed by atoms with van der Waals surface area (Å²) in [5.74, 6) is 2.38. The van der Waals surface area contributed by atoms with Gasteiger partial charge in [0.2, 0.25) is 5.91 Å². The highest BCUT2D eigenvalue weighted by Gasteiger charge is 2.20. The number of aromatic amines is 1. The van der Waals surface area contributed by atoms with Crippen molar-refractivity contribution in [2.45, 2.75) is 51.6 Å². The topological polar surface area (TPSA) is 71.9 Å². The molecule has 0 unspecified atom stereocenters. The number of aromatic nitrogens is 3. The second kappa shape index (κ2) is 8.49. The van der Waals surface area contributed by atoms with Gasteiger partial charge < -0.3 is 10.1 Å². The Morgan fingerprint density at radius 2 is 2.00 bits per heavy atom. The third-order valence-electron chi connectivity index (χ3n) is 5.05. The first kappa shape index (κ1) is 18.6. The maximum absolute atomic E-state index is 12.3. The highest BCUT2D eigenvalue weighted by atomic mass is 32.1. The maximum Gasteiger partial charge on any atom is 0.222 e. The van der Waals surface area contributed by atoms with Crippen molar-refractivity contribution in [3.05, 3.63) is 29.0 Å². The molecule has 1 aliphatic carbocycles. The molecule has 0 bridgehead atoms. The molecule has 1 aromatic carbocycles. The molecule has 0 spiro atoms. The highest BCUT2D eigenvalue weighted by Crippen LogP contribution is 2.24. The van der Waals surface area contributed by atoms with Crippen molar-refractivity contribution in [2.75, 3.05) is 7.11 Å². The Morgan fingerprint density at radius 1 is 1.31 bits per heavy atom. The quantitative estimate of drug-likeness (QED) is 0.756. The van der Waals surface area contributed by atoms with Crippen LogP contribution >= 0.6 is 12.2 Å². The van der Waals surface area contributed by atoms with Crippen LogP contribution in [-0.2, 0) is 11.3 Å². The lowest BCUT2D eigenvalue weighted by molar-refractivity contribution is -0.122. The van der Waals surface area contributed by atoms with E-state index in [1.165, 1.54) is 12.8 Å². The van der Waals surface area contributed by atoms with E-state index in [2.05, 4.69) is 22.4 Å². The number of hydrogen-bond acceptors (Lipinski definition) is 4. The predicted octanol–water partition coefficient (Wildman–Crippen LogP) is 3.70. The lowest BCUT2D eigenvalue weighted by Gasteiger charge is -2.26. The SMILES string of the molecule is COc1ccc(-c2n[nH]c(=S)n2CCC(=O)NC2CCC(C)CC2)cc1. The normalized spacial score (nSPS) is 19.9. The average Bonchev–Trinajstić information content (AvgIpc) is 3.02. The van der Waals surface area contributed by atoms with Gasteiger partial charge in [-0.25, -0.2) is 0 Å². The third kappa shape index (κ3) is 4.52. The monoisotopic (exact) mass is 374 g/mol. The smallest absolute Gasteiger partial charge is 0.222 e. The molecule has 1 aromatic heterocycles. The predicted molar refractivity (Wildman–Crippen MR) is 104 cm³/mol. The largest absolute Gasteiger partial charge is 0.497 e. The van der Waals surface area contributed by atoms with E-state index in [1.54, 1.807) is 7.11 Å². The summed E-state index contributed by atoms with van der Waals surface area (Å²) in [7, 11) is 1.64. The Morgan fingerprint density at radius 3 is 2.65 bits per heavy atom. The zero-order chi connectivity index (χ0) is 18.5. The van der Waals surface area contributed by atoms with Crippen LogP contribution in [0.25, 0.3) is 11.4 Å². The number of benzene rings is 1. The van der Waals surface area contributed by atoms with Gasteiger partial charge in [0.1, 0.15) is 5.75 Å². The summed E-state index contributed by atoms with van der Waals surface area (Å²) < 4.78 is 7.59. The summed E-state index contributed by atoms with van der Waals surface area (Å²) in [6.45, 7) is 2.78. The molecule has 7 heteroatoms. The van der Waals surface area contributed by atoms with Gasteiger partial charge in [0.25, 0.3) is 0 Å². The number of H-pyrrole nitrogens is 1. The van der Waals surface area contributed by atoms with Crippen LogP contribution in [0.15, 0.2) is 24.3 Å². The van der Waals surface area contributed by atoms with Crippen LogP contribution in [0.4, 0.5) is 0 Å². The minimum atomic E-state index is 0.0772. The number of nitrogens with one attached hydrogen (secondary N) is 2. The Bertz CT molecular complexity index is 789. The number of rotatable bonds is 6. The summed E-state index contributed by atoms with van der Waals surface area (Å²) in [4.78, 5) is 12.3. The average molecular weight is 375 g/mol. The molecule has 1 amide bonds. The molecular weight excluding hydrogens is 348 g/mol. The van der Waals surface area contributed by atoms with E-state index in [1.807, 2.05) is 28.8 Å². The lowest BCUT2D eigenvalue weighted by atomic mass is 9.87. The molecule has 0 aliphatic heterocycles. The van der Waals surface area contributed by atoms with Gasteiger partial charge in [-0.15, -0.1) is 0 Å². The molecule has 140 valence electrons. The molecule has 1 saturated carbocycles. The van der Waals surface area contributed by atoms with Gasteiger partial charge in [-0.1, -0.05) is 6.92 Å². The highest BCUT2D eigenvalue weighted by molar-refractivity contribution is 7.71. The van der Waals surface area contributed by atoms with E-state index in [-0.39, 0.29) is 5.91 Å². The van der Waals surface area contributed by atoms with Crippen molar-refractivity contribution in [2.24, 2.45) is 5.92 Å². The van der Waals surface area contributed by atoms with Crippen molar-refractivity contribution >= 4 is 18.1 Å². The Kier molecular flexibility index (Phi) is 6.08. The second-order valence-electron chi connectivity index (χ2n) is 7.01. The van der Waals surface area contributed by atoms with Crippen LogP contribution in [0, 0.1) is 10.7 Å². The van der Waals surface area contributed by atoms with Gasteiger partial charge in [0.05, 0.1) is 7.11 Å². The van der Waals surface area contributed by atoms with Gasteiger partial charge in [0, 0.05) is 24.6 Å². The Balaban J connectivity index is 1.62. The van der Waals surface area contributed by atoms with Gasteiger partial charge in [-0.05, 0) is 68.1 Å². The summed E-state index contributed by atoms with van der Waals surface area (Å²) in [5, 5.41) is 10.3. The minimum absolute atomic E-state index is 0.0772. The summed E-state index contributed by atoms with van der Waals surface area (Å²) in [5.41, 5.74) is 0.930. The molecule has 0 radical (unpaired) electrons. The molecule has 26 heavy (non-hydrogen) atoms. The van der Waals surface area contributed by atoms with Crippen LogP contribution in [0.1, 0.15) is 39.0 Å². The van der Waals surface area contributed by atoms with E-state index < -0.39 is 0 Å². The molecule has 0 saturated heterocycles. The van der Waals surface area contributed by atoms with Gasteiger partial charge >= 0.3 is 0 Å². The number of hydrogen-bond donors (Lipinski definition) is 2. The molecule has 2 N–H and O–H groups in total. The van der Waals surface area contributed by atoms with E-state index >= 15 is 0 Å². The van der Waals surface area contributed by atoms with Crippen molar-refractivity contribution < 1.29 is 9.53 Å². The summed E-state index contributed by atoms with van der Waals surface area (Å²) in [6.07, 6.45) is 4.94. The first-order chi connectivity index (χ1) is 12.6. The van der Waals surface area contributed by atoms with Crippen LogP contribution in [0.5, 0.6) is 5.75 Å². The number of methoxy groups -OCH3 is 1. The van der Waals surface area contributed by atoms with Crippen molar-refractivity contribution in [3.8, 4) is 17.1 Å². The fourth-order valence-electron chi connectivity index (χ4n) is 3.40. The number of carbonyl (C=O) groups excluding carboxylic acids is 1.